The molecule has 2 amide bonds. The van der Waals surface area contributed by atoms with E-state index in [1.165, 1.54) is 18.3 Å². The van der Waals surface area contributed by atoms with Gasteiger partial charge in [-0.15, -0.1) is 11.3 Å². The lowest BCUT2D eigenvalue weighted by Crippen LogP contribution is -2.33. The maximum absolute atomic E-state index is 12.3. The molecule has 1 aliphatic heterocycles. The molecule has 3 rings (SSSR count). The molecule has 0 saturated carbocycles. The number of ether oxygens (including phenoxy) is 2. The number of hydrogen-bond donors (Lipinski definition) is 2. The van der Waals surface area contributed by atoms with Crippen LogP contribution in [0.5, 0.6) is 11.5 Å². The number of amides is 2. The lowest BCUT2D eigenvalue weighted by Gasteiger charge is -2.19. The van der Waals surface area contributed by atoms with Gasteiger partial charge in [-0.25, -0.2) is 0 Å². The van der Waals surface area contributed by atoms with Gasteiger partial charge in [0.05, 0.1) is 12.5 Å². The minimum Gasteiger partial charge on any atom is -0.486 e. The molecule has 0 saturated heterocycles. The molecule has 0 fully saturated rings. The molecule has 26 heavy (non-hydrogen) atoms. The minimum absolute atomic E-state index is 0.0882. The monoisotopic (exact) mass is 374 g/mol. The first-order valence-corrected chi connectivity index (χ1v) is 9.45. The van der Waals surface area contributed by atoms with E-state index in [1.54, 1.807) is 0 Å². The van der Waals surface area contributed by atoms with Gasteiger partial charge in [-0.3, -0.25) is 9.59 Å². The number of rotatable bonds is 7. The van der Waals surface area contributed by atoms with Crippen LogP contribution in [0, 0.1) is 0 Å². The Kier molecular flexibility index (Phi) is 6.12. The van der Waals surface area contributed by atoms with Gasteiger partial charge in [0.15, 0.2) is 11.5 Å². The van der Waals surface area contributed by atoms with Gasteiger partial charge >= 0.3 is 0 Å². The molecule has 1 aromatic heterocycles. The molecule has 6 nitrogen and oxygen atoms in total. The largest absolute Gasteiger partial charge is 0.486 e. The third kappa shape index (κ3) is 4.98. The Hall–Kier alpha value is -2.54. The van der Waals surface area contributed by atoms with E-state index in [0.717, 1.165) is 21.9 Å². The number of hydrogen-bond acceptors (Lipinski definition) is 5. The number of thiophene rings is 1. The standard InChI is InChI=1S/C19H22N2O4S/c1-13(22)21-15(18-3-2-10-26-18)12-19(23)20-7-6-14-4-5-16-17(11-14)25-9-8-24-16/h2-5,10-11,15H,6-9,12H2,1H3,(H,20,23)(H,21,22)/t15-/m0/s1. The predicted molar refractivity (Wildman–Crippen MR) is 99.6 cm³/mol. The molecule has 2 aromatic rings. The summed E-state index contributed by atoms with van der Waals surface area (Å²) in [7, 11) is 0. The molecule has 2 N–H and O–H groups in total. The number of carbonyl (C=O) groups is 2. The predicted octanol–water partition coefficient (Wildman–Crippen LogP) is 2.45. The van der Waals surface area contributed by atoms with Crippen LogP contribution in [0.25, 0.3) is 0 Å². The third-order valence-corrected chi connectivity index (χ3v) is 4.98. The van der Waals surface area contributed by atoms with Crippen molar-refractivity contribution in [1.82, 2.24) is 10.6 Å². The fraction of sp³-hybridized carbons (Fsp3) is 0.368. The molecule has 1 atom stereocenters. The number of benzene rings is 1. The van der Waals surface area contributed by atoms with Crippen molar-refractivity contribution in [1.29, 1.82) is 0 Å². The van der Waals surface area contributed by atoms with Gasteiger partial charge in [0, 0.05) is 18.3 Å². The highest BCUT2D eigenvalue weighted by Gasteiger charge is 2.18. The summed E-state index contributed by atoms with van der Waals surface area (Å²) < 4.78 is 11.1. The van der Waals surface area contributed by atoms with Gasteiger partial charge in [-0.05, 0) is 35.6 Å². The van der Waals surface area contributed by atoms with Gasteiger partial charge in [0.1, 0.15) is 13.2 Å². The van der Waals surface area contributed by atoms with E-state index < -0.39 is 0 Å². The molecule has 0 radical (unpaired) electrons. The summed E-state index contributed by atoms with van der Waals surface area (Å²) >= 11 is 1.53. The van der Waals surface area contributed by atoms with Crippen molar-refractivity contribution in [3.8, 4) is 11.5 Å². The van der Waals surface area contributed by atoms with Crippen LogP contribution in [0.3, 0.4) is 0 Å². The summed E-state index contributed by atoms with van der Waals surface area (Å²) in [6.45, 7) is 3.11. The first kappa shape index (κ1) is 18.3. The van der Waals surface area contributed by atoms with Gasteiger partial charge in [-0.2, -0.15) is 0 Å². The zero-order valence-electron chi connectivity index (χ0n) is 14.6. The average molecular weight is 374 g/mol. The van der Waals surface area contributed by atoms with Crippen molar-refractivity contribution in [2.24, 2.45) is 0 Å². The first-order chi connectivity index (χ1) is 12.6. The molecule has 1 aliphatic rings. The van der Waals surface area contributed by atoms with Crippen LogP contribution in [0.4, 0.5) is 0 Å². The molecule has 0 bridgehead atoms. The Morgan fingerprint density at radius 2 is 2.00 bits per heavy atom. The fourth-order valence-electron chi connectivity index (χ4n) is 2.80. The van der Waals surface area contributed by atoms with Crippen LogP contribution in [-0.2, 0) is 16.0 Å². The Balaban J connectivity index is 1.49. The van der Waals surface area contributed by atoms with Crippen LogP contribution in [-0.4, -0.2) is 31.6 Å². The molecular weight excluding hydrogens is 352 g/mol. The molecule has 0 aliphatic carbocycles. The van der Waals surface area contributed by atoms with Crippen molar-refractivity contribution in [2.45, 2.75) is 25.8 Å². The second-order valence-corrected chi connectivity index (χ2v) is 7.03. The van der Waals surface area contributed by atoms with Crippen LogP contribution in [0.2, 0.25) is 0 Å². The molecule has 0 unspecified atom stereocenters. The molecule has 1 aromatic carbocycles. The quantitative estimate of drug-likeness (QED) is 0.780. The van der Waals surface area contributed by atoms with E-state index in [-0.39, 0.29) is 24.3 Å². The lowest BCUT2D eigenvalue weighted by atomic mass is 10.1. The van der Waals surface area contributed by atoms with Crippen molar-refractivity contribution >= 4 is 23.2 Å². The second kappa shape index (κ2) is 8.71. The lowest BCUT2D eigenvalue weighted by molar-refractivity contribution is -0.122. The van der Waals surface area contributed by atoms with E-state index in [9.17, 15) is 9.59 Å². The van der Waals surface area contributed by atoms with Gasteiger partial charge in [0.25, 0.3) is 0 Å². The summed E-state index contributed by atoms with van der Waals surface area (Å²) in [5, 5.41) is 7.69. The minimum atomic E-state index is -0.290. The van der Waals surface area contributed by atoms with Crippen molar-refractivity contribution in [2.75, 3.05) is 19.8 Å². The third-order valence-electron chi connectivity index (χ3n) is 4.00. The van der Waals surface area contributed by atoms with Crippen LogP contribution in [0.1, 0.15) is 29.8 Å². The summed E-state index contributed by atoms with van der Waals surface area (Å²) in [5.74, 6) is 1.28. The second-order valence-electron chi connectivity index (χ2n) is 6.05. The van der Waals surface area contributed by atoms with Crippen molar-refractivity contribution in [3.63, 3.8) is 0 Å². The van der Waals surface area contributed by atoms with E-state index in [0.29, 0.717) is 26.2 Å². The summed E-state index contributed by atoms with van der Waals surface area (Å²) in [6, 6.07) is 9.37. The zero-order chi connectivity index (χ0) is 18.4. The van der Waals surface area contributed by atoms with Crippen molar-refractivity contribution in [3.05, 3.63) is 46.2 Å². The van der Waals surface area contributed by atoms with E-state index in [4.69, 9.17) is 9.47 Å². The smallest absolute Gasteiger partial charge is 0.222 e. The Labute approximate surface area is 156 Å². The SMILES string of the molecule is CC(=O)N[C@@H](CC(=O)NCCc1ccc2c(c1)OCCO2)c1cccs1. The fourth-order valence-corrected chi connectivity index (χ4v) is 3.58. The number of carbonyl (C=O) groups excluding carboxylic acids is 2. The van der Waals surface area contributed by atoms with Gasteiger partial charge < -0.3 is 20.1 Å². The summed E-state index contributed by atoms with van der Waals surface area (Å²) in [5.41, 5.74) is 1.08. The topological polar surface area (TPSA) is 76.7 Å². The molecule has 7 heteroatoms. The van der Waals surface area contributed by atoms with E-state index >= 15 is 0 Å². The van der Waals surface area contributed by atoms with Gasteiger partial charge in [-0.1, -0.05) is 12.1 Å². The summed E-state index contributed by atoms with van der Waals surface area (Å²) in [4.78, 5) is 24.6. The number of nitrogens with one attached hydrogen (secondary N) is 2. The van der Waals surface area contributed by atoms with Crippen LogP contribution >= 0.6 is 11.3 Å². The summed E-state index contributed by atoms with van der Waals surface area (Å²) in [6.07, 6.45) is 0.924. The Morgan fingerprint density at radius 1 is 1.19 bits per heavy atom. The highest BCUT2D eigenvalue weighted by atomic mass is 32.1. The first-order valence-electron chi connectivity index (χ1n) is 8.57. The van der Waals surface area contributed by atoms with E-state index in [2.05, 4.69) is 10.6 Å². The molecule has 2 heterocycles. The molecular formula is C19H22N2O4S. The average Bonchev–Trinajstić information content (AvgIpc) is 3.15. The Bertz CT molecular complexity index is 761. The van der Waals surface area contributed by atoms with Crippen LogP contribution in [0.15, 0.2) is 35.7 Å². The van der Waals surface area contributed by atoms with Gasteiger partial charge in [0.2, 0.25) is 11.8 Å². The molecule has 138 valence electrons. The maximum Gasteiger partial charge on any atom is 0.222 e. The maximum atomic E-state index is 12.3. The highest BCUT2D eigenvalue weighted by molar-refractivity contribution is 7.10. The number of fused-ring (bicyclic) bond motifs is 1. The highest BCUT2D eigenvalue weighted by Crippen LogP contribution is 2.30. The van der Waals surface area contributed by atoms with E-state index in [1.807, 2.05) is 35.7 Å². The normalized spacial score (nSPS) is 13.7. The van der Waals surface area contributed by atoms with Crippen LogP contribution < -0.4 is 20.1 Å². The van der Waals surface area contributed by atoms with Crippen molar-refractivity contribution < 1.29 is 19.1 Å². The Morgan fingerprint density at radius 3 is 2.73 bits per heavy atom. The zero-order valence-corrected chi connectivity index (χ0v) is 15.4. The molecule has 0 spiro atoms.